The lowest BCUT2D eigenvalue weighted by atomic mass is 9.86. The second-order valence-corrected chi connectivity index (χ2v) is 7.65. The van der Waals surface area contributed by atoms with Gasteiger partial charge >= 0.3 is 0 Å². The predicted octanol–water partition coefficient (Wildman–Crippen LogP) is 3.95. The van der Waals surface area contributed by atoms with Crippen molar-refractivity contribution in [3.05, 3.63) is 34.9 Å². The normalized spacial score (nSPS) is 28.6. The van der Waals surface area contributed by atoms with E-state index in [2.05, 4.69) is 37.9 Å². The van der Waals surface area contributed by atoms with Crippen molar-refractivity contribution in [1.29, 1.82) is 0 Å². The Kier molecular flexibility index (Phi) is 5.41. The molecule has 112 valence electrons. The first-order valence-electron chi connectivity index (χ1n) is 7.31. The minimum absolute atomic E-state index is 0.0879. The maximum absolute atomic E-state index is 6.19. The first-order chi connectivity index (χ1) is 9.51. The van der Waals surface area contributed by atoms with Crippen LogP contribution in [-0.2, 0) is 0 Å². The van der Waals surface area contributed by atoms with Crippen LogP contribution < -0.4 is 5.73 Å². The highest BCUT2D eigenvalue weighted by molar-refractivity contribution is 8.00. The summed E-state index contributed by atoms with van der Waals surface area (Å²) in [5.74, 6) is 1.25. The van der Waals surface area contributed by atoms with E-state index in [0.717, 1.165) is 5.02 Å². The summed E-state index contributed by atoms with van der Waals surface area (Å²) in [6, 6.07) is 8.48. The van der Waals surface area contributed by atoms with Crippen molar-refractivity contribution in [1.82, 2.24) is 4.90 Å². The molecule has 0 radical (unpaired) electrons. The van der Waals surface area contributed by atoms with E-state index in [1.165, 1.54) is 24.2 Å². The monoisotopic (exact) mass is 312 g/mol. The zero-order chi connectivity index (χ0) is 14.8. The van der Waals surface area contributed by atoms with Crippen molar-refractivity contribution < 1.29 is 0 Å². The summed E-state index contributed by atoms with van der Waals surface area (Å²) < 4.78 is 0. The van der Waals surface area contributed by atoms with Crippen LogP contribution in [0.5, 0.6) is 0 Å². The number of nitrogens with two attached hydrogens (primary N) is 1. The molecule has 0 bridgehead atoms. The molecule has 0 spiro atoms. The van der Waals surface area contributed by atoms with E-state index in [-0.39, 0.29) is 5.54 Å². The van der Waals surface area contributed by atoms with Gasteiger partial charge in [-0.25, -0.2) is 0 Å². The van der Waals surface area contributed by atoms with Gasteiger partial charge in [-0.2, -0.15) is 11.8 Å². The molecule has 2 nitrogen and oxygen atoms in total. The molecule has 3 unspecified atom stereocenters. The van der Waals surface area contributed by atoms with E-state index < -0.39 is 0 Å². The molecule has 1 aromatic carbocycles. The summed E-state index contributed by atoms with van der Waals surface area (Å²) in [7, 11) is 2.21. The second kappa shape index (κ2) is 6.69. The Morgan fingerprint density at radius 1 is 1.55 bits per heavy atom. The molecule has 1 saturated heterocycles. The van der Waals surface area contributed by atoms with Gasteiger partial charge in [0.15, 0.2) is 0 Å². The molecule has 0 aliphatic carbocycles. The third-order valence-corrected chi connectivity index (χ3v) is 6.54. The molecule has 0 saturated carbocycles. The molecule has 4 heteroatoms. The highest BCUT2D eigenvalue weighted by Crippen LogP contribution is 2.40. The van der Waals surface area contributed by atoms with Crippen molar-refractivity contribution >= 4 is 23.4 Å². The lowest BCUT2D eigenvalue weighted by Crippen LogP contribution is -2.59. The molecule has 2 rings (SSSR count). The van der Waals surface area contributed by atoms with Gasteiger partial charge in [0.2, 0.25) is 0 Å². The number of hydrogen-bond donors (Lipinski definition) is 1. The summed E-state index contributed by atoms with van der Waals surface area (Å²) in [4.78, 5) is 2.47. The maximum Gasteiger partial charge on any atom is 0.0450 e. The molecule has 1 aromatic rings. The van der Waals surface area contributed by atoms with Crippen LogP contribution in [0.3, 0.4) is 0 Å². The summed E-state index contributed by atoms with van der Waals surface area (Å²) in [6.45, 7) is 5.27. The molecule has 1 aliphatic rings. The van der Waals surface area contributed by atoms with Crippen molar-refractivity contribution in [2.24, 2.45) is 5.73 Å². The molecule has 0 aromatic heterocycles. The van der Waals surface area contributed by atoms with Gasteiger partial charge in [0.25, 0.3) is 0 Å². The minimum atomic E-state index is 0.0879. The topological polar surface area (TPSA) is 29.3 Å². The smallest absolute Gasteiger partial charge is 0.0450 e. The van der Waals surface area contributed by atoms with Crippen molar-refractivity contribution in [2.45, 2.75) is 43.5 Å². The van der Waals surface area contributed by atoms with E-state index in [1.807, 2.05) is 23.9 Å². The molecule has 1 fully saturated rings. The van der Waals surface area contributed by atoms with Gasteiger partial charge in [0.1, 0.15) is 0 Å². The van der Waals surface area contributed by atoms with Gasteiger partial charge in [0.05, 0.1) is 0 Å². The van der Waals surface area contributed by atoms with Crippen LogP contribution in [0.2, 0.25) is 5.02 Å². The molecule has 20 heavy (non-hydrogen) atoms. The van der Waals surface area contributed by atoms with Gasteiger partial charge in [-0.05, 0) is 50.3 Å². The van der Waals surface area contributed by atoms with E-state index in [4.69, 9.17) is 17.3 Å². The number of hydrogen-bond acceptors (Lipinski definition) is 3. The largest absolute Gasteiger partial charge is 0.329 e. The summed E-state index contributed by atoms with van der Waals surface area (Å²) in [5, 5.41) is 1.36. The van der Waals surface area contributed by atoms with E-state index in [1.54, 1.807) is 0 Å². The van der Waals surface area contributed by atoms with E-state index in [0.29, 0.717) is 17.8 Å². The Bertz CT molecular complexity index is 454. The molecule has 0 amide bonds. The highest BCUT2D eigenvalue weighted by Gasteiger charge is 2.42. The van der Waals surface area contributed by atoms with Gasteiger partial charge in [0, 0.05) is 28.4 Å². The minimum Gasteiger partial charge on any atom is -0.329 e. The van der Waals surface area contributed by atoms with Crippen LogP contribution in [0, 0.1) is 0 Å². The summed E-state index contributed by atoms with van der Waals surface area (Å²) in [6.07, 6.45) is 2.43. The average Bonchev–Trinajstić information content (AvgIpc) is 2.46. The van der Waals surface area contributed by atoms with E-state index >= 15 is 0 Å². The molecule has 2 N–H and O–H groups in total. The van der Waals surface area contributed by atoms with Crippen molar-refractivity contribution in [2.75, 3.05) is 19.3 Å². The Morgan fingerprint density at radius 2 is 2.30 bits per heavy atom. The number of benzene rings is 1. The van der Waals surface area contributed by atoms with Gasteiger partial charge in [-0.15, -0.1) is 0 Å². The Labute approximate surface area is 132 Å². The zero-order valence-electron chi connectivity index (χ0n) is 12.6. The Morgan fingerprint density at radius 3 is 2.90 bits per heavy atom. The highest BCUT2D eigenvalue weighted by atomic mass is 35.5. The standard InChI is InChI=1S/C16H25ClN2S/c1-12(14-6-4-7-15(17)10-14)19(3)16(11-18)8-5-9-20-13(16)2/h4,6-7,10,12-13H,5,8-9,11,18H2,1-3H3. The lowest BCUT2D eigenvalue weighted by Gasteiger charge is -2.50. The third kappa shape index (κ3) is 3.01. The maximum atomic E-state index is 6.19. The molecular formula is C16H25ClN2S. The number of rotatable bonds is 4. The Hall–Kier alpha value is -0.220. The molecular weight excluding hydrogens is 288 g/mol. The molecule has 1 heterocycles. The fourth-order valence-electron chi connectivity index (χ4n) is 3.25. The summed E-state index contributed by atoms with van der Waals surface area (Å²) >= 11 is 8.18. The van der Waals surface area contributed by atoms with Crippen LogP contribution in [0.25, 0.3) is 0 Å². The zero-order valence-corrected chi connectivity index (χ0v) is 14.2. The number of halogens is 1. The van der Waals surface area contributed by atoms with Gasteiger partial charge in [-0.1, -0.05) is 30.7 Å². The average molecular weight is 313 g/mol. The summed E-state index contributed by atoms with van der Waals surface area (Å²) in [5.41, 5.74) is 7.54. The third-order valence-electron chi connectivity index (χ3n) is 4.85. The predicted molar refractivity (Wildman–Crippen MR) is 90.6 cm³/mol. The van der Waals surface area contributed by atoms with Gasteiger partial charge < -0.3 is 5.73 Å². The SMILES string of the molecule is CC(c1cccc(Cl)c1)N(C)C1(CN)CCCSC1C. The van der Waals surface area contributed by atoms with Crippen LogP contribution in [-0.4, -0.2) is 35.0 Å². The number of nitrogens with zero attached hydrogens (tertiary/aromatic N) is 1. The molecule has 3 atom stereocenters. The van der Waals surface area contributed by atoms with Crippen LogP contribution in [0.15, 0.2) is 24.3 Å². The first kappa shape index (κ1) is 16.2. The number of thioether (sulfide) groups is 1. The van der Waals surface area contributed by atoms with Crippen LogP contribution in [0.1, 0.15) is 38.3 Å². The lowest BCUT2D eigenvalue weighted by molar-refractivity contribution is 0.0729. The van der Waals surface area contributed by atoms with E-state index in [9.17, 15) is 0 Å². The first-order valence-corrected chi connectivity index (χ1v) is 8.74. The van der Waals surface area contributed by atoms with Gasteiger partial charge in [-0.3, -0.25) is 4.90 Å². The Balaban J connectivity index is 2.25. The number of likely N-dealkylation sites (N-methyl/N-ethyl adjacent to an activating group) is 1. The fraction of sp³-hybridized carbons (Fsp3) is 0.625. The second-order valence-electron chi connectivity index (χ2n) is 5.77. The molecule has 1 aliphatic heterocycles. The van der Waals surface area contributed by atoms with Crippen LogP contribution in [0.4, 0.5) is 0 Å². The quantitative estimate of drug-likeness (QED) is 0.913. The van der Waals surface area contributed by atoms with Crippen LogP contribution >= 0.6 is 23.4 Å². The van der Waals surface area contributed by atoms with Crippen molar-refractivity contribution in [3.63, 3.8) is 0 Å². The van der Waals surface area contributed by atoms with Crippen molar-refractivity contribution in [3.8, 4) is 0 Å². The fourth-order valence-corrected chi connectivity index (χ4v) is 4.80.